The summed E-state index contributed by atoms with van der Waals surface area (Å²) in [5, 5.41) is 0. The van der Waals surface area contributed by atoms with Gasteiger partial charge in [-0.05, 0) is 47.8 Å². The van der Waals surface area contributed by atoms with Crippen molar-refractivity contribution in [3.63, 3.8) is 0 Å². The summed E-state index contributed by atoms with van der Waals surface area (Å²) in [5.74, 6) is 1.23. The molecule has 1 nitrogen and oxygen atoms in total. The molecule has 0 bridgehead atoms. The Kier molecular flexibility index (Phi) is 11.9. The maximum atomic E-state index is 5.19. The predicted octanol–water partition coefficient (Wildman–Crippen LogP) is 7.21. The van der Waals surface area contributed by atoms with Crippen LogP contribution >= 0.6 is 0 Å². The lowest BCUT2D eigenvalue weighted by atomic mass is 9.92. The van der Waals surface area contributed by atoms with Gasteiger partial charge in [-0.25, -0.2) is 0 Å². The molecule has 1 unspecified atom stereocenters. The second-order valence-corrected chi connectivity index (χ2v) is 7.20. The first-order valence-electron chi connectivity index (χ1n) is 9.35. The van der Waals surface area contributed by atoms with Crippen molar-refractivity contribution in [3.8, 4) is 0 Å². The molecule has 0 aromatic carbocycles. The molecule has 0 aromatic rings. The SMILES string of the molecule is C=C(/C=C\C(=C)C(C)CCC(C)C)C(=C)/C=C(/CCOC)C(=C)CC. The molecule has 0 aliphatic heterocycles. The number of ether oxygens (including phenoxy) is 1. The molecule has 0 aromatic heterocycles. The van der Waals surface area contributed by atoms with E-state index in [0.717, 1.165) is 41.1 Å². The average molecular weight is 343 g/mol. The van der Waals surface area contributed by atoms with Crippen LogP contribution in [0.5, 0.6) is 0 Å². The third-order valence-corrected chi connectivity index (χ3v) is 4.53. The minimum Gasteiger partial charge on any atom is -0.384 e. The molecule has 0 fully saturated rings. The van der Waals surface area contributed by atoms with Gasteiger partial charge >= 0.3 is 0 Å². The normalized spacial score (nSPS) is 13.3. The molecular formula is C24H38O. The number of hydrogen-bond donors (Lipinski definition) is 0. The Labute approximate surface area is 156 Å². The van der Waals surface area contributed by atoms with Crippen LogP contribution in [0, 0.1) is 11.8 Å². The molecule has 0 radical (unpaired) electrons. The lowest BCUT2D eigenvalue weighted by Gasteiger charge is -2.13. The van der Waals surface area contributed by atoms with Crippen molar-refractivity contribution >= 4 is 0 Å². The first-order valence-corrected chi connectivity index (χ1v) is 9.35. The first kappa shape index (κ1) is 23.4. The van der Waals surface area contributed by atoms with Crippen LogP contribution in [0.4, 0.5) is 0 Å². The number of rotatable bonds is 13. The molecule has 0 saturated carbocycles. The van der Waals surface area contributed by atoms with Crippen LogP contribution in [0.3, 0.4) is 0 Å². The molecule has 0 spiro atoms. The molecule has 0 rings (SSSR count). The van der Waals surface area contributed by atoms with Gasteiger partial charge in [0.1, 0.15) is 0 Å². The third kappa shape index (κ3) is 10.1. The molecular weight excluding hydrogens is 304 g/mol. The van der Waals surface area contributed by atoms with Crippen molar-refractivity contribution < 1.29 is 4.74 Å². The fraction of sp³-hybridized carbons (Fsp3) is 0.500. The van der Waals surface area contributed by atoms with Crippen molar-refractivity contribution in [1.29, 1.82) is 0 Å². The fourth-order valence-electron chi connectivity index (χ4n) is 2.34. The zero-order valence-electron chi connectivity index (χ0n) is 17.2. The Hall–Kier alpha value is -1.60. The van der Waals surface area contributed by atoms with Gasteiger partial charge in [-0.2, -0.15) is 0 Å². The second-order valence-electron chi connectivity index (χ2n) is 7.20. The van der Waals surface area contributed by atoms with E-state index in [0.29, 0.717) is 12.5 Å². The molecule has 25 heavy (non-hydrogen) atoms. The summed E-state index contributed by atoms with van der Waals surface area (Å²) in [5.41, 5.74) is 5.29. The highest BCUT2D eigenvalue weighted by atomic mass is 16.5. The lowest BCUT2D eigenvalue weighted by molar-refractivity contribution is 0.202. The Balaban J connectivity index is 4.85. The molecule has 1 atom stereocenters. The van der Waals surface area contributed by atoms with E-state index in [9.17, 15) is 0 Å². The predicted molar refractivity (Wildman–Crippen MR) is 114 cm³/mol. The molecule has 0 aliphatic rings. The summed E-state index contributed by atoms with van der Waals surface area (Å²) in [6.07, 6.45) is 10.4. The van der Waals surface area contributed by atoms with E-state index in [1.54, 1.807) is 7.11 Å². The monoisotopic (exact) mass is 342 g/mol. The van der Waals surface area contributed by atoms with E-state index < -0.39 is 0 Å². The van der Waals surface area contributed by atoms with E-state index in [4.69, 9.17) is 4.74 Å². The number of allylic oxidation sites excluding steroid dienone is 7. The van der Waals surface area contributed by atoms with Crippen LogP contribution in [0.25, 0.3) is 0 Å². The average Bonchev–Trinajstić information content (AvgIpc) is 2.59. The summed E-state index contributed by atoms with van der Waals surface area (Å²) in [7, 11) is 1.72. The van der Waals surface area contributed by atoms with Crippen LogP contribution in [0.1, 0.15) is 53.4 Å². The Morgan fingerprint density at radius 3 is 2.12 bits per heavy atom. The van der Waals surface area contributed by atoms with Crippen LogP contribution < -0.4 is 0 Å². The van der Waals surface area contributed by atoms with Crippen molar-refractivity contribution in [3.05, 3.63) is 72.4 Å². The molecule has 1 heteroatoms. The Bertz CT molecular complexity index is 528. The van der Waals surface area contributed by atoms with Gasteiger partial charge in [0.05, 0.1) is 6.61 Å². The van der Waals surface area contributed by atoms with Crippen LogP contribution in [-0.4, -0.2) is 13.7 Å². The molecule has 0 amide bonds. The van der Waals surface area contributed by atoms with Crippen molar-refractivity contribution in [2.24, 2.45) is 11.8 Å². The van der Waals surface area contributed by atoms with Gasteiger partial charge in [-0.15, -0.1) is 0 Å². The Morgan fingerprint density at radius 1 is 0.960 bits per heavy atom. The van der Waals surface area contributed by atoms with Crippen molar-refractivity contribution in [1.82, 2.24) is 0 Å². The van der Waals surface area contributed by atoms with Crippen molar-refractivity contribution in [2.75, 3.05) is 13.7 Å². The molecule has 140 valence electrons. The number of methoxy groups -OCH3 is 1. The van der Waals surface area contributed by atoms with Crippen LogP contribution in [0.15, 0.2) is 72.4 Å². The topological polar surface area (TPSA) is 9.23 Å². The first-order chi connectivity index (χ1) is 11.7. The zero-order chi connectivity index (χ0) is 19.4. The highest BCUT2D eigenvalue weighted by Crippen LogP contribution is 2.23. The van der Waals surface area contributed by atoms with Gasteiger partial charge < -0.3 is 4.74 Å². The van der Waals surface area contributed by atoms with E-state index in [1.165, 1.54) is 18.4 Å². The maximum Gasteiger partial charge on any atom is 0.0502 e. The minimum atomic E-state index is 0.493. The van der Waals surface area contributed by atoms with Gasteiger partial charge in [0.25, 0.3) is 0 Å². The van der Waals surface area contributed by atoms with Gasteiger partial charge in [-0.3, -0.25) is 0 Å². The maximum absolute atomic E-state index is 5.19. The van der Waals surface area contributed by atoms with Crippen LogP contribution in [-0.2, 0) is 4.74 Å². The zero-order valence-corrected chi connectivity index (χ0v) is 17.2. The van der Waals surface area contributed by atoms with Crippen molar-refractivity contribution in [2.45, 2.75) is 53.4 Å². The fourth-order valence-corrected chi connectivity index (χ4v) is 2.34. The summed E-state index contributed by atoms with van der Waals surface area (Å²) >= 11 is 0. The molecule has 0 N–H and O–H groups in total. The summed E-state index contributed by atoms with van der Waals surface area (Å²) in [6.45, 7) is 26.2. The summed E-state index contributed by atoms with van der Waals surface area (Å²) < 4.78 is 5.19. The molecule has 0 aliphatic carbocycles. The standard InChI is InChI=1S/C24H38O/c1-10-19(4)24(15-16-25-9)17-23(8)22(7)14-13-21(6)20(5)12-11-18(2)3/h13-14,17-18,20H,4,6-8,10-12,15-16H2,1-3,5,9H3/b14-13-,24-17-. The van der Waals surface area contributed by atoms with Gasteiger partial charge in [0.2, 0.25) is 0 Å². The quantitative estimate of drug-likeness (QED) is 0.321. The summed E-state index contributed by atoms with van der Waals surface area (Å²) in [4.78, 5) is 0. The molecule has 0 saturated heterocycles. The number of hydrogen-bond acceptors (Lipinski definition) is 1. The van der Waals surface area contributed by atoms with Crippen LogP contribution in [0.2, 0.25) is 0 Å². The van der Waals surface area contributed by atoms with E-state index in [-0.39, 0.29) is 0 Å². The minimum absolute atomic E-state index is 0.493. The van der Waals surface area contributed by atoms with E-state index in [2.05, 4.69) is 66.2 Å². The lowest BCUT2D eigenvalue weighted by Crippen LogP contribution is -1.99. The van der Waals surface area contributed by atoms with E-state index >= 15 is 0 Å². The van der Waals surface area contributed by atoms with Gasteiger partial charge in [-0.1, -0.05) is 89.8 Å². The highest BCUT2D eigenvalue weighted by molar-refractivity contribution is 5.48. The largest absolute Gasteiger partial charge is 0.384 e. The summed E-state index contributed by atoms with van der Waals surface area (Å²) in [6, 6.07) is 0. The molecule has 0 heterocycles. The van der Waals surface area contributed by atoms with E-state index in [1.807, 2.05) is 6.08 Å². The second kappa shape index (κ2) is 12.7. The Morgan fingerprint density at radius 2 is 1.60 bits per heavy atom. The van der Waals surface area contributed by atoms with Gasteiger partial charge in [0.15, 0.2) is 0 Å². The third-order valence-electron chi connectivity index (χ3n) is 4.53. The van der Waals surface area contributed by atoms with Gasteiger partial charge in [0, 0.05) is 7.11 Å². The smallest absolute Gasteiger partial charge is 0.0502 e. The highest BCUT2D eigenvalue weighted by Gasteiger charge is 2.06.